The van der Waals surface area contributed by atoms with Crippen LogP contribution in [0.1, 0.15) is 34.1 Å². The second kappa shape index (κ2) is 5.62. The summed E-state index contributed by atoms with van der Waals surface area (Å²) in [5.74, 6) is -4.89. The fourth-order valence-electron chi connectivity index (χ4n) is 0.680. The number of hydrogen-bond acceptors (Lipinski definition) is 1. The largest absolute Gasteiger partial charge is 0.235 e. The Bertz CT molecular complexity index is 302. The quantitative estimate of drug-likeness (QED) is 0.360. The Morgan fingerprint density at radius 2 is 1.56 bits per heavy atom. The normalized spacial score (nSPS) is 18.1. The van der Waals surface area contributed by atoms with E-state index in [-0.39, 0.29) is 0 Å². The van der Waals surface area contributed by atoms with Gasteiger partial charge in [0.05, 0.1) is 6.66 Å². The van der Waals surface area contributed by atoms with Crippen LogP contribution in [0.3, 0.4) is 0 Å². The molecular formula is C8H17Cl5NP2+. The molecule has 1 atom stereocenters. The van der Waals surface area contributed by atoms with Crippen molar-refractivity contribution in [2.75, 3.05) is 6.66 Å². The zero-order valence-electron chi connectivity index (χ0n) is 9.94. The molecule has 0 amide bonds. The maximum absolute atomic E-state index is 6.30. The molecule has 0 bridgehead atoms. The summed E-state index contributed by atoms with van der Waals surface area (Å²) in [6.45, 7) is 9.15. The van der Waals surface area contributed by atoms with Gasteiger partial charge in [0, 0.05) is 0 Å². The van der Waals surface area contributed by atoms with Gasteiger partial charge in [-0.15, -0.1) is 11.6 Å². The van der Waals surface area contributed by atoms with Crippen LogP contribution in [-0.4, -0.2) is 16.6 Å². The van der Waals surface area contributed by atoms with Crippen LogP contribution in [0.5, 0.6) is 0 Å². The summed E-state index contributed by atoms with van der Waals surface area (Å²) in [5, 5.41) is -0.654. The Kier molecular flexibility index (Phi) is 6.36. The van der Waals surface area contributed by atoms with Gasteiger partial charge >= 0.3 is 0 Å². The predicted molar refractivity (Wildman–Crippen MR) is 84.2 cm³/mol. The molecule has 0 fully saturated rings. The first kappa shape index (κ1) is 18.1. The van der Waals surface area contributed by atoms with Gasteiger partial charge in [0.15, 0.2) is 11.0 Å². The van der Waals surface area contributed by atoms with Crippen LogP contribution < -0.4 is 0 Å². The molecule has 0 aromatic carbocycles. The van der Waals surface area contributed by atoms with Crippen LogP contribution in [-0.2, 0) is 0 Å². The van der Waals surface area contributed by atoms with E-state index in [0.717, 1.165) is 0 Å². The molecule has 8 heteroatoms. The molecule has 98 valence electrons. The first-order valence-electron chi connectivity index (χ1n) is 4.74. The molecule has 0 aliphatic heterocycles. The van der Waals surface area contributed by atoms with Crippen molar-refractivity contribution in [1.29, 1.82) is 0 Å². The van der Waals surface area contributed by atoms with Gasteiger partial charge in [0.1, 0.15) is 27.1 Å². The summed E-state index contributed by atoms with van der Waals surface area (Å²) in [7, 11) is 0. The second-order valence-electron chi connectivity index (χ2n) is 4.37. The Morgan fingerprint density at radius 3 is 1.81 bits per heavy atom. The molecule has 0 aliphatic carbocycles. The lowest BCUT2D eigenvalue weighted by molar-refractivity contribution is 0.747. The molecule has 0 aromatic heterocycles. The maximum Gasteiger partial charge on any atom is 0.235 e. The van der Waals surface area contributed by atoms with E-state index in [9.17, 15) is 0 Å². The van der Waals surface area contributed by atoms with E-state index in [1.54, 1.807) is 13.6 Å². The van der Waals surface area contributed by atoms with Gasteiger partial charge in [-0.2, -0.15) is 0 Å². The monoisotopic (exact) mass is 364 g/mol. The molecule has 0 rings (SSSR count). The first-order valence-corrected chi connectivity index (χ1v) is 12.7. The summed E-state index contributed by atoms with van der Waals surface area (Å²) in [4.78, 5) is 0. The van der Waals surface area contributed by atoms with E-state index in [1.807, 2.05) is 20.8 Å². The number of rotatable bonds is 4. The molecule has 16 heavy (non-hydrogen) atoms. The lowest BCUT2D eigenvalue weighted by Gasteiger charge is -2.31. The average molecular weight is 366 g/mol. The first-order chi connectivity index (χ1) is 6.77. The molecule has 0 aromatic rings. The van der Waals surface area contributed by atoms with Crippen molar-refractivity contribution in [3.63, 3.8) is 0 Å². The standard InChI is InChI=1S/C8H17Cl5NP2/c1-6-8(4,9)16(12,13)14-7(2,3)15(5,10)11/h6H2,1-5H3/q+1. The average Bonchev–Trinajstić information content (AvgIpc) is 1.99. The molecule has 0 N–H and O–H groups in total. The molecule has 0 spiro atoms. The summed E-state index contributed by atoms with van der Waals surface area (Å²) < 4.78 is 3.71. The van der Waals surface area contributed by atoms with E-state index >= 15 is 0 Å². The molecule has 0 saturated heterocycles. The predicted octanol–water partition coefficient (Wildman–Crippen LogP) is 7.55. The highest BCUT2D eigenvalue weighted by atomic mass is 35.9. The Labute approximate surface area is 123 Å². The zero-order chi connectivity index (χ0) is 13.4. The molecule has 0 aliphatic rings. The minimum Gasteiger partial charge on any atom is -0.225 e. The summed E-state index contributed by atoms with van der Waals surface area (Å²) in [6.07, 6.45) is 0.634. The zero-order valence-corrected chi connectivity index (χ0v) is 15.5. The van der Waals surface area contributed by atoms with E-state index in [4.69, 9.17) is 56.6 Å². The van der Waals surface area contributed by atoms with Gasteiger partial charge in [-0.1, -0.05) is 29.4 Å². The summed E-state index contributed by atoms with van der Waals surface area (Å²) >= 11 is 31.2. The topological polar surface area (TPSA) is 12.4 Å². The van der Waals surface area contributed by atoms with Crippen molar-refractivity contribution in [2.24, 2.45) is 4.74 Å². The Balaban J connectivity index is 5.49. The van der Waals surface area contributed by atoms with Crippen LogP contribution in [0.25, 0.3) is 0 Å². The molecule has 0 saturated carbocycles. The van der Waals surface area contributed by atoms with Crippen LogP contribution in [0.4, 0.5) is 0 Å². The van der Waals surface area contributed by atoms with E-state index < -0.39 is 21.6 Å². The molecule has 0 heterocycles. The summed E-state index contributed by atoms with van der Waals surface area (Å²) in [5.41, 5.74) is 0. The minimum atomic E-state index is -2.67. The fraction of sp³-hybridized carbons (Fsp3) is 1.00. The highest BCUT2D eigenvalue weighted by Crippen LogP contribution is 2.81. The Hall–Kier alpha value is 2.11. The van der Waals surface area contributed by atoms with Crippen molar-refractivity contribution in [2.45, 2.75) is 44.0 Å². The highest BCUT2D eigenvalue weighted by molar-refractivity contribution is 8.18. The van der Waals surface area contributed by atoms with E-state index in [1.165, 1.54) is 0 Å². The molecule has 1 unspecified atom stereocenters. The highest BCUT2D eigenvalue weighted by Gasteiger charge is 2.50. The number of alkyl halides is 1. The van der Waals surface area contributed by atoms with Gasteiger partial charge in [0.2, 0.25) is 5.97 Å². The van der Waals surface area contributed by atoms with Crippen LogP contribution in [0, 0.1) is 0 Å². The minimum absolute atomic E-state index is 0.634. The van der Waals surface area contributed by atoms with Crippen LogP contribution in [0.15, 0.2) is 4.74 Å². The third kappa shape index (κ3) is 4.34. The molecule has 0 radical (unpaired) electrons. The van der Waals surface area contributed by atoms with Gasteiger partial charge in [0.25, 0.3) is 0 Å². The second-order valence-corrected chi connectivity index (χ2v) is 18.3. The third-order valence-electron chi connectivity index (χ3n) is 2.54. The SMILES string of the molecule is CCC(C)(Cl)P(Cl)(Cl)=NC(C)(C)[P+](C)(Cl)Cl. The maximum atomic E-state index is 6.30. The number of halogens is 5. The van der Waals surface area contributed by atoms with Crippen molar-refractivity contribution in [3.8, 4) is 0 Å². The number of nitrogens with zero attached hydrogens (tertiary/aromatic N) is 1. The third-order valence-corrected chi connectivity index (χ3v) is 13.6. The fourth-order valence-corrected chi connectivity index (χ4v) is 5.80. The lowest BCUT2D eigenvalue weighted by Crippen LogP contribution is -2.18. The van der Waals surface area contributed by atoms with E-state index in [2.05, 4.69) is 4.74 Å². The molecular weight excluding hydrogens is 349 g/mol. The van der Waals surface area contributed by atoms with Crippen molar-refractivity contribution in [1.82, 2.24) is 0 Å². The van der Waals surface area contributed by atoms with Gasteiger partial charge in [-0.25, -0.2) is 4.74 Å². The van der Waals surface area contributed by atoms with Crippen LogP contribution >= 0.6 is 68.3 Å². The number of hydrogen-bond donors (Lipinski definition) is 0. The van der Waals surface area contributed by atoms with Crippen molar-refractivity contribution >= 4 is 68.3 Å². The van der Waals surface area contributed by atoms with Crippen LogP contribution in [0.2, 0.25) is 0 Å². The van der Waals surface area contributed by atoms with E-state index in [0.29, 0.717) is 6.42 Å². The van der Waals surface area contributed by atoms with Crippen molar-refractivity contribution < 1.29 is 0 Å². The van der Waals surface area contributed by atoms with Gasteiger partial charge < -0.3 is 0 Å². The molecule has 1 nitrogen and oxygen atoms in total. The summed E-state index contributed by atoms with van der Waals surface area (Å²) in [6, 6.07) is 0. The smallest absolute Gasteiger partial charge is 0.225 e. The van der Waals surface area contributed by atoms with Gasteiger partial charge in [-0.05, 0) is 27.2 Å². The van der Waals surface area contributed by atoms with Crippen molar-refractivity contribution in [3.05, 3.63) is 0 Å². The Morgan fingerprint density at radius 1 is 1.19 bits per heavy atom. The lowest BCUT2D eigenvalue weighted by atomic mass is 10.4. The van der Waals surface area contributed by atoms with Gasteiger partial charge in [-0.3, -0.25) is 0 Å².